The molecule has 0 heterocycles. The first kappa shape index (κ1) is 14.8. The van der Waals surface area contributed by atoms with Gasteiger partial charge in [0.25, 0.3) is 0 Å². The number of hydrogen-bond acceptors (Lipinski definition) is 2. The molecule has 1 amide bonds. The summed E-state index contributed by atoms with van der Waals surface area (Å²) in [5, 5.41) is 2.75. The molecule has 4 heteroatoms. The largest absolute Gasteiger partial charge is 0.378 e. The van der Waals surface area contributed by atoms with E-state index in [0.29, 0.717) is 5.56 Å². The molecule has 1 N–H and O–H groups in total. The van der Waals surface area contributed by atoms with Crippen LogP contribution in [0, 0.1) is 5.82 Å². The van der Waals surface area contributed by atoms with E-state index in [-0.39, 0.29) is 11.7 Å². The molecule has 0 spiro atoms. The highest BCUT2D eigenvalue weighted by Gasteiger charge is 1.99. The van der Waals surface area contributed by atoms with E-state index < -0.39 is 0 Å². The lowest BCUT2D eigenvalue weighted by Crippen LogP contribution is -2.10. The molecule has 3 nitrogen and oxygen atoms in total. The Balaban J connectivity index is 1.98. The van der Waals surface area contributed by atoms with Crippen molar-refractivity contribution in [2.75, 3.05) is 24.3 Å². The zero-order chi connectivity index (χ0) is 15.2. The van der Waals surface area contributed by atoms with E-state index in [1.54, 1.807) is 18.2 Å². The van der Waals surface area contributed by atoms with Gasteiger partial charge in [0.1, 0.15) is 5.82 Å². The van der Waals surface area contributed by atoms with Gasteiger partial charge in [0.05, 0.1) is 0 Å². The maximum atomic E-state index is 13.0. The van der Waals surface area contributed by atoms with Gasteiger partial charge in [-0.1, -0.05) is 12.1 Å². The van der Waals surface area contributed by atoms with Gasteiger partial charge in [-0.25, -0.2) is 4.39 Å². The van der Waals surface area contributed by atoms with Gasteiger partial charge in [-0.15, -0.1) is 0 Å². The minimum absolute atomic E-state index is 0.253. The van der Waals surface area contributed by atoms with Crippen LogP contribution >= 0.6 is 0 Å². The van der Waals surface area contributed by atoms with Crippen molar-refractivity contribution in [2.45, 2.75) is 0 Å². The summed E-state index contributed by atoms with van der Waals surface area (Å²) in [6, 6.07) is 13.6. The van der Waals surface area contributed by atoms with Gasteiger partial charge in [-0.3, -0.25) is 4.79 Å². The number of rotatable bonds is 4. The van der Waals surface area contributed by atoms with E-state index in [4.69, 9.17) is 0 Å². The van der Waals surface area contributed by atoms with Crippen LogP contribution in [0.25, 0.3) is 6.08 Å². The molecule has 0 saturated carbocycles. The van der Waals surface area contributed by atoms with Gasteiger partial charge in [0.2, 0.25) is 5.91 Å². The molecule has 0 unspecified atom stereocenters. The minimum Gasteiger partial charge on any atom is -0.378 e. The number of halogens is 1. The molecular weight excluding hydrogens is 267 g/mol. The number of benzene rings is 2. The Morgan fingerprint density at radius 2 is 1.86 bits per heavy atom. The molecule has 2 rings (SSSR count). The Labute approximate surface area is 123 Å². The van der Waals surface area contributed by atoms with Crippen molar-refractivity contribution in [1.29, 1.82) is 0 Å². The number of nitrogens with one attached hydrogen (secondary N) is 1. The van der Waals surface area contributed by atoms with E-state index in [2.05, 4.69) is 5.32 Å². The average molecular weight is 284 g/mol. The predicted molar refractivity (Wildman–Crippen MR) is 84.8 cm³/mol. The SMILES string of the molecule is CN(C)c1ccc(NC(=O)/C=C/c2cccc(F)c2)cc1. The standard InChI is InChI=1S/C17H17FN2O/c1-20(2)16-9-7-15(8-10-16)19-17(21)11-6-13-4-3-5-14(18)12-13/h3-12H,1-2H3,(H,19,21)/b11-6+. The highest BCUT2D eigenvalue weighted by Crippen LogP contribution is 2.15. The van der Waals surface area contributed by atoms with Crippen LogP contribution in [0.1, 0.15) is 5.56 Å². The van der Waals surface area contributed by atoms with Gasteiger partial charge in [-0.05, 0) is 48.0 Å². The Kier molecular flexibility index (Phi) is 4.72. The highest BCUT2D eigenvalue weighted by atomic mass is 19.1. The molecule has 21 heavy (non-hydrogen) atoms. The van der Waals surface area contributed by atoms with E-state index in [0.717, 1.165) is 11.4 Å². The first-order valence-corrected chi connectivity index (χ1v) is 6.56. The lowest BCUT2D eigenvalue weighted by Gasteiger charge is -2.12. The molecule has 0 atom stereocenters. The fourth-order valence-corrected chi connectivity index (χ4v) is 1.81. The molecule has 0 aliphatic rings. The summed E-state index contributed by atoms with van der Waals surface area (Å²) in [4.78, 5) is 13.8. The second-order valence-electron chi connectivity index (χ2n) is 4.82. The van der Waals surface area contributed by atoms with Crippen LogP contribution in [0.5, 0.6) is 0 Å². The van der Waals surface area contributed by atoms with E-state index in [1.165, 1.54) is 18.2 Å². The number of nitrogens with zero attached hydrogens (tertiary/aromatic N) is 1. The third-order valence-corrected chi connectivity index (χ3v) is 2.93. The zero-order valence-electron chi connectivity index (χ0n) is 12.0. The van der Waals surface area contributed by atoms with Crippen molar-refractivity contribution in [3.05, 3.63) is 66.0 Å². The normalized spacial score (nSPS) is 10.6. The van der Waals surface area contributed by atoms with Crippen LogP contribution in [0.15, 0.2) is 54.6 Å². The van der Waals surface area contributed by atoms with E-state index >= 15 is 0 Å². The third-order valence-electron chi connectivity index (χ3n) is 2.93. The number of hydrogen-bond donors (Lipinski definition) is 1. The molecule has 0 aliphatic heterocycles. The van der Waals surface area contributed by atoms with Gasteiger partial charge in [-0.2, -0.15) is 0 Å². The third kappa shape index (κ3) is 4.45. The number of carbonyl (C=O) groups is 1. The van der Waals surface area contributed by atoms with Crippen LogP contribution in [0.3, 0.4) is 0 Å². The lowest BCUT2D eigenvalue weighted by atomic mass is 10.2. The van der Waals surface area contributed by atoms with Gasteiger partial charge >= 0.3 is 0 Å². The zero-order valence-corrected chi connectivity index (χ0v) is 12.0. The second-order valence-corrected chi connectivity index (χ2v) is 4.82. The Hall–Kier alpha value is -2.62. The first-order chi connectivity index (χ1) is 10.0. The number of amides is 1. The highest BCUT2D eigenvalue weighted by molar-refractivity contribution is 6.01. The topological polar surface area (TPSA) is 32.3 Å². The average Bonchev–Trinajstić information content (AvgIpc) is 2.46. The second kappa shape index (κ2) is 6.70. The molecule has 2 aromatic carbocycles. The lowest BCUT2D eigenvalue weighted by molar-refractivity contribution is -0.111. The van der Waals surface area contributed by atoms with E-state index in [1.807, 2.05) is 43.3 Å². The Morgan fingerprint density at radius 3 is 2.48 bits per heavy atom. The number of carbonyl (C=O) groups excluding carboxylic acids is 1. The summed E-state index contributed by atoms with van der Waals surface area (Å²) < 4.78 is 13.0. The molecule has 0 bridgehead atoms. The Bertz CT molecular complexity index is 648. The van der Waals surface area contributed by atoms with Crippen molar-refractivity contribution < 1.29 is 9.18 Å². The summed E-state index contributed by atoms with van der Waals surface area (Å²) in [5.74, 6) is -0.575. The molecule has 0 aromatic heterocycles. The fraction of sp³-hybridized carbons (Fsp3) is 0.118. The van der Waals surface area contributed by atoms with Crippen LogP contribution in [0.2, 0.25) is 0 Å². The maximum absolute atomic E-state index is 13.0. The molecule has 0 fully saturated rings. The summed E-state index contributed by atoms with van der Waals surface area (Å²) in [5.41, 5.74) is 2.42. The smallest absolute Gasteiger partial charge is 0.248 e. The quantitative estimate of drug-likeness (QED) is 0.871. The van der Waals surface area contributed by atoms with E-state index in [9.17, 15) is 9.18 Å². The fourth-order valence-electron chi connectivity index (χ4n) is 1.81. The van der Waals surface area contributed by atoms with Crippen molar-refractivity contribution in [1.82, 2.24) is 0 Å². The van der Waals surface area contributed by atoms with Crippen LogP contribution in [-0.4, -0.2) is 20.0 Å². The summed E-state index contributed by atoms with van der Waals surface area (Å²) in [7, 11) is 3.91. The summed E-state index contributed by atoms with van der Waals surface area (Å²) >= 11 is 0. The van der Waals surface area contributed by atoms with Crippen LogP contribution in [-0.2, 0) is 4.79 Å². The minimum atomic E-state index is -0.322. The Morgan fingerprint density at radius 1 is 1.14 bits per heavy atom. The molecule has 0 aliphatic carbocycles. The summed E-state index contributed by atoms with van der Waals surface area (Å²) in [6.07, 6.45) is 2.96. The molecular formula is C17H17FN2O. The van der Waals surface area contributed by atoms with Crippen molar-refractivity contribution in [3.63, 3.8) is 0 Å². The molecule has 108 valence electrons. The number of anilines is 2. The molecule has 0 radical (unpaired) electrons. The molecule has 2 aromatic rings. The predicted octanol–water partition coefficient (Wildman–Crippen LogP) is 3.54. The first-order valence-electron chi connectivity index (χ1n) is 6.56. The van der Waals surface area contributed by atoms with Crippen molar-refractivity contribution >= 4 is 23.4 Å². The molecule has 0 saturated heterocycles. The van der Waals surface area contributed by atoms with Crippen LogP contribution in [0.4, 0.5) is 15.8 Å². The summed E-state index contributed by atoms with van der Waals surface area (Å²) in [6.45, 7) is 0. The van der Waals surface area contributed by atoms with Gasteiger partial charge in [0, 0.05) is 31.5 Å². The van der Waals surface area contributed by atoms with Crippen LogP contribution < -0.4 is 10.2 Å². The van der Waals surface area contributed by atoms with Gasteiger partial charge < -0.3 is 10.2 Å². The monoisotopic (exact) mass is 284 g/mol. The van der Waals surface area contributed by atoms with Crippen molar-refractivity contribution in [2.24, 2.45) is 0 Å². The maximum Gasteiger partial charge on any atom is 0.248 e. The van der Waals surface area contributed by atoms with Crippen molar-refractivity contribution in [3.8, 4) is 0 Å². The van der Waals surface area contributed by atoms with Gasteiger partial charge in [0.15, 0.2) is 0 Å².